The van der Waals surface area contributed by atoms with Gasteiger partial charge in [0.05, 0.1) is 0 Å². The third kappa shape index (κ3) is 4.65. The Labute approximate surface area is 219 Å². The topological polar surface area (TPSA) is 21.7 Å². The Balaban J connectivity index is 1.36. The molecule has 37 heavy (non-hydrogen) atoms. The van der Waals surface area contributed by atoms with Gasteiger partial charge in [0.25, 0.3) is 5.79 Å². The molecule has 3 heteroatoms. The molecule has 6 rings (SSSR count). The number of rotatable bonds is 6. The van der Waals surface area contributed by atoms with E-state index in [9.17, 15) is 0 Å². The van der Waals surface area contributed by atoms with E-state index in [0.717, 1.165) is 47.0 Å². The summed E-state index contributed by atoms with van der Waals surface area (Å²) in [7, 11) is 0. The summed E-state index contributed by atoms with van der Waals surface area (Å²) in [5, 5.41) is 0. The normalized spacial score (nSPS) is 17.4. The molecule has 2 heterocycles. The lowest BCUT2D eigenvalue weighted by atomic mass is 9.88. The number of ether oxygens (including phenoxy) is 2. The summed E-state index contributed by atoms with van der Waals surface area (Å²) in [5.74, 6) is 0.982. The van der Waals surface area contributed by atoms with Gasteiger partial charge in [0.15, 0.2) is 0 Å². The first-order valence-electron chi connectivity index (χ1n) is 12.9. The summed E-state index contributed by atoms with van der Waals surface area (Å²) >= 11 is 0. The average Bonchev–Trinajstić information content (AvgIpc) is 2.93. The van der Waals surface area contributed by atoms with Crippen LogP contribution >= 0.6 is 0 Å². The number of fused-ring (bicyclic) bond motifs is 2. The Morgan fingerprint density at radius 3 is 1.97 bits per heavy atom. The van der Waals surface area contributed by atoms with E-state index in [-0.39, 0.29) is 5.92 Å². The van der Waals surface area contributed by atoms with Gasteiger partial charge in [-0.2, -0.15) is 0 Å². The zero-order valence-corrected chi connectivity index (χ0v) is 21.3. The molecule has 1 atom stereocenters. The van der Waals surface area contributed by atoms with Crippen molar-refractivity contribution in [3.05, 3.63) is 137 Å². The van der Waals surface area contributed by atoms with Gasteiger partial charge in [0.1, 0.15) is 11.5 Å². The molecule has 184 valence electrons. The molecule has 0 saturated carbocycles. The molecule has 2 aliphatic rings. The van der Waals surface area contributed by atoms with Crippen LogP contribution in [-0.4, -0.2) is 5.79 Å². The summed E-state index contributed by atoms with van der Waals surface area (Å²) in [5.41, 5.74) is 6.91. The third-order valence-corrected chi connectivity index (χ3v) is 7.05. The second-order valence-corrected chi connectivity index (χ2v) is 10.0. The zero-order chi connectivity index (χ0) is 25.2. The van der Waals surface area contributed by atoms with Crippen LogP contribution in [0.4, 0.5) is 5.69 Å². The van der Waals surface area contributed by atoms with Gasteiger partial charge in [-0.3, -0.25) is 0 Å². The fraction of sp³-hybridized carbons (Fsp3) is 0.176. The van der Waals surface area contributed by atoms with E-state index in [4.69, 9.17) is 9.47 Å². The minimum atomic E-state index is -0.947. The highest BCUT2D eigenvalue weighted by molar-refractivity contribution is 5.71. The van der Waals surface area contributed by atoms with E-state index in [1.807, 2.05) is 18.2 Å². The van der Waals surface area contributed by atoms with Crippen LogP contribution in [0.5, 0.6) is 11.5 Å². The van der Waals surface area contributed by atoms with Crippen LogP contribution in [-0.2, 0) is 13.1 Å². The highest BCUT2D eigenvalue weighted by Crippen LogP contribution is 2.45. The Morgan fingerprint density at radius 2 is 1.30 bits per heavy atom. The van der Waals surface area contributed by atoms with Crippen molar-refractivity contribution in [1.82, 2.24) is 0 Å². The van der Waals surface area contributed by atoms with E-state index >= 15 is 0 Å². The number of hydrogen-bond acceptors (Lipinski definition) is 3. The molecule has 0 aliphatic carbocycles. The van der Waals surface area contributed by atoms with Gasteiger partial charge in [0.2, 0.25) is 0 Å². The second kappa shape index (κ2) is 9.67. The van der Waals surface area contributed by atoms with Crippen LogP contribution in [0.2, 0.25) is 0 Å². The molecule has 1 spiro atoms. The van der Waals surface area contributed by atoms with Crippen LogP contribution in [0.3, 0.4) is 0 Å². The summed E-state index contributed by atoms with van der Waals surface area (Å²) in [6.45, 7) is 5.98. The molecule has 0 amide bonds. The average molecular weight is 486 g/mol. The Kier molecular flexibility index (Phi) is 6.05. The second-order valence-electron chi connectivity index (χ2n) is 10.0. The summed E-state index contributed by atoms with van der Waals surface area (Å²) in [6, 6.07) is 35.9. The van der Waals surface area contributed by atoms with E-state index < -0.39 is 5.79 Å². The molecule has 3 nitrogen and oxygen atoms in total. The molecule has 1 unspecified atom stereocenters. The van der Waals surface area contributed by atoms with Crippen molar-refractivity contribution in [2.45, 2.75) is 32.7 Å². The first kappa shape index (κ1) is 23.2. The SMILES string of the molecule is CC(C)C1=Cc2ccccc2OC12C=Cc1ccc(N(Cc3ccccc3)Cc3ccccc3)cc1O2. The van der Waals surface area contributed by atoms with Crippen molar-refractivity contribution in [3.8, 4) is 11.5 Å². The van der Waals surface area contributed by atoms with Crippen LogP contribution < -0.4 is 14.4 Å². The first-order chi connectivity index (χ1) is 18.1. The van der Waals surface area contributed by atoms with Crippen LogP contribution in [0, 0.1) is 5.92 Å². The molecule has 0 N–H and O–H groups in total. The van der Waals surface area contributed by atoms with Gasteiger partial charge < -0.3 is 14.4 Å². The largest absolute Gasteiger partial charge is 0.444 e. The molecule has 0 fully saturated rings. The predicted molar refractivity (Wildman–Crippen MR) is 151 cm³/mol. The number of nitrogens with zero attached hydrogens (tertiary/aromatic N) is 1. The summed E-state index contributed by atoms with van der Waals surface area (Å²) in [6.07, 6.45) is 6.41. The fourth-order valence-electron chi connectivity index (χ4n) is 5.15. The molecular formula is C34H31NO2. The Morgan fingerprint density at radius 1 is 0.676 bits per heavy atom. The smallest absolute Gasteiger partial charge is 0.295 e. The van der Waals surface area contributed by atoms with Crippen molar-refractivity contribution in [2.75, 3.05) is 4.90 Å². The van der Waals surface area contributed by atoms with Crippen molar-refractivity contribution >= 4 is 17.8 Å². The van der Waals surface area contributed by atoms with Crippen LogP contribution in [0.1, 0.15) is 36.1 Å². The molecule has 0 saturated heterocycles. The van der Waals surface area contributed by atoms with Crippen LogP contribution in [0.15, 0.2) is 115 Å². The Bertz CT molecular complexity index is 1410. The molecule has 0 radical (unpaired) electrons. The highest BCUT2D eigenvalue weighted by Gasteiger charge is 2.43. The van der Waals surface area contributed by atoms with Gasteiger partial charge in [-0.05, 0) is 47.4 Å². The van der Waals surface area contributed by atoms with E-state index in [1.54, 1.807) is 0 Å². The lowest BCUT2D eigenvalue weighted by molar-refractivity contribution is -0.0472. The van der Waals surface area contributed by atoms with Crippen molar-refractivity contribution in [1.29, 1.82) is 0 Å². The minimum Gasteiger partial charge on any atom is -0.444 e. The van der Waals surface area contributed by atoms with Gasteiger partial charge in [-0.25, -0.2) is 0 Å². The molecule has 4 aromatic carbocycles. The number of anilines is 1. The maximum atomic E-state index is 6.78. The lowest BCUT2D eigenvalue weighted by Gasteiger charge is -2.41. The van der Waals surface area contributed by atoms with Gasteiger partial charge in [-0.15, -0.1) is 0 Å². The molecule has 0 bridgehead atoms. The molecule has 4 aromatic rings. The van der Waals surface area contributed by atoms with Crippen molar-refractivity contribution in [3.63, 3.8) is 0 Å². The third-order valence-electron chi connectivity index (χ3n) is 7.05. The van der Waals surface area contributed by atoms with E-state index in [2.05, 4.69) is 122 Å². The summed E-state index contributed by atoms with van der Waals surface area (Å²) in [4.78, 5) is 2.40. The molecular weight excluding hydrogens is 454 g/mol. The number of benzene rings is 4. The van der Waals surface area contributed by atoms with Crippen molar-refractivity contribution < 1.29 is 9.47 Å². The minimum absolute atomic E-state index is 0.260. The zero-order valence-electron chi connectivity index (χ0n) is 21.3. The van der Waals surface area contributed by atoms with Crippen molar-refractivity contribution in [2.24, 2.45) is 5.92 Å². The maximum Gasteiger partial charge on any atom is 0.295 e. The van der Waals surface area contributed by atoms with Gasteiger partial charge in [0, 0.05) is 47.6 Å². The maximum absolute atomic E-state index is 6.78. The fourth-order valence-corrected chi connectivity index (χ4v) is 5.15. The number of para-hydroxylation sites is 1. The van der Waals surface area contributed by atoms with E-state index in [1.165, 1.54) is 11.1 Å². The predicted octanol–water partition coefficient (Wildman–Crippen LogP) is 8.13. The molecule has 0 aromatic heterocycles. The van der Waals surface area contributed by atoms with E-state index in [0.29, 0.717) is 0 Å². The monoisotopic (exact) mass is 485 g/mol. The van der Waals surface area contributed by atoms with Gasteiger partial charge >= 0.3 is 0 Å². The number of hydrogen-bond donors (Lipinski definition) is 0. The standard InChI is InChI=1S/C34H31NO2/c1-25(2)31-21-29-15-9-10-16-32(29)36-34(31)20-19-28-17-18-30(22-33(28)37-34)35(23-26-11-5-3-6-12-26)24-27-13-7-4-8-14-27/h3-22,25H,23-24H2,1-2H3. The molecule has 2 aliphatic heterocycles. The quantitative estimate of drug-likeness (QED) is 0.275. The Hall–Kier alpha value is -4.24. The van der Waals surface area contributed by atoms with Crippen LogP contribution in [0.25, 0.3) is 12.2 Å². The lowest BCUT2D eigenvalue weighted by Crippen LogP contribution is -2.46. The summed E-state index contributed by atoms with van der Waals surface area (Å²) < 4.78 is 13.4. The first-order valence-corrected chi connectivity index (χ1v) is 12.9. The highest BCUT2D eigenvalue weighted by atomic mass is 16.7. The van der Waals surface area contributed by atoms with Gasteiger partial charge in [-0.1, -0.05) is 92.7 Å².